The maximum Gasteiger partial charge on any atom is 0.339 e. The molecular weight excluding hydrogens is 559 g/mol. The number of nitriles is 1. The SMILES string of the molecule is CC(=O)Nc1ccc(S(=O)(=O)Oc2cccc(/C=C(\C#N)C(=O)Nc3c(Cl)cc([N+](=O)[O-])cc3Cl)c2)cc1. The molecule has 14 heteroatoms. The van der Waals surface area contributed by atoms with Crippen LogP contribution >= 0.6 is 23.2 Å². The molecule has 0 atom stereocenters. The van der Waals surface area contributed by atoms with Crippen LogP contribution in [0.5, 0.6) is 5.75 Å². The van der Waals surface area contributed by atoms with Gasteiger partial charge in [0.1, 0.15) is 22.3 Å². The lowest BCUT2D eigenvalue weighted by Gasteiger charge is -2.10. The number of anilines is 2. The molecule has 3 aromatic carbocycles. The van der Waals surface area contributed by atoms with Gasteiger partial charge in [-0.05, 0) is 48.0 Å². The summed E-state index contributed by atoms with van der Waals surface area (Å²) in [6.07, 6.45) is 1.17. The molecule has 11 nitrogen and oxygen atoms in total. The van der Waals surface area contributed by atoms with E-state index in [1.165, 1.54) is 61.5 Å². The van der Waals surface area contributed by atoms with E-state index in [-0.39, 0.29) is 43.5 Å². The van der Waals surface area contributed by atoms with Crippen LogP contribution in [-0.2, 0) is 19.7 Å². The molecule has 3 aromatic rings. The number of halogens is 2. The smallest absolute Gasteiger partial charge is 0.339 e. The number of nitro benzene ring substituents is 1. The molecule has 0 saturated heterocycles. The molecule has 0 heterocycles. The summed E-state index contributed by atoms with van der Waals surface area (Å²) >= 11 is 12.0. The molecule has 0 bridgehead atoms. The minimum absolute atomic E-state index is 0.0937. The lowest BCUT2D eigenvalue weighted by atomic mass is 10.1. The monoisotopic (exact) mass is 574 g/mol. The predicted molar refractivity (Wildman–Crippen MR) is 140 cm³/mol. The van der Waals surface area contributed by atoms with Gasteiger partial charge in [0.2, 0.25) is 5.91 Å². The first-order valence-electron chi connectivity index (χ1n) is 10.4. The van der Waals surface area contributed by atoms with Crippen molar-refractivity contribution in [1.82, 2.24) is 0 Å². The Labute approximate surface area is 226 Å². The first kappa shape index (κ1) is 28.1. The summed E-state index contributed by atoms with van der Waals surface area (Å²) in [5.41, 5.74) is -0.250. The summed E-state index contributed by atoms with van der Waals surface area (Å²) in [4.78, 5) is 33.8. The second-order valence-corrected chi connectivity index (χ2v) is 9.84. The zero-order chi connectivity index (χ0) is 28.0. The van der Waals surface area contributed by atoms with Crippen LogP contribution in [0, 0.1) is 21.4 Å². The number of hydrogen-bond donors (Lipinski definition) is 2. The zero-order valence-corrected chi connectivity index (χ0v) is 21.6. The van der Waals surface area contributed by atoms with E-state index in [2.05, 4.69) is 10.6 Å². The van der Waals surface area contributed by atoms with Crippen molar-refractivity contribution in [2.24, 2.45) is 0 Å². The average molecular weight is 575 g/mol. The van der Waals surface area contributed by atoms with E-state index in [1.807, 2.05) is 0 Å². The van der Waals surface area contributed by atoms with Crippen molar-refractivity contribution < 1.29 is 27.1 Å². The minimum Gasteiger partial charge on any atom is -0.379 e. The van der Waals surface area contributed by atoms with Gasteiger partial charge in [0.25, 0.3) is 11.6 Å². The molecule has 0 aliphatic heterocycles. The van der Waals surface area contributed by atoms with Gasteiger partial charge in [0, 0.05) is 24.7 Å². The van der Waals surface area contributed by atoms with E-state index in [0.717, 1.165) is 12.1 Å². The third-order valence-electron chi connectivity index (χ3n) is 4.68. The highest BCUT2D eigenvalue weighted by molar-refractivity contribution is 7.87. The molecule has 0 aromatic heterocycles. The summed E-state index contributed by atoms with van der Waals surface area (Å²) in [5, 5.41) is 24.9. The summed E-state index contributed by atoms with van der Waals surface area (Å²) in [6.45, 7) is 1.32. The Kier molecular flexibility index (Phi) is 8.69. The summed E-state index contributed by atoms with van der Waals surface area (Å²) < 4.78 is 30.5. The van der Waals surface area contributed by atoms with Crippen molar-refractivity contribution in [2.45, 2.75) is 11.8 Å². The maximum atomic E-state index is 12.7. The Morgan fingerprint density at radius 1 is 1.05 bits per heavy atom. The van der Waals surface area contributed by atoms with E-state index in [1.54, 1.807) is 6.07 Å². The Balaban J connectivity index is 1.81. The number of nitro groups is 1. The fourth-order valence-corrected chi connectivity index (χ4v) is 4.51. The molecule has 0 saturated carbocycles. The van der Waals surface area contributed by atoms with E-state index in [0.29, 0.717) is 5.69 Å². The largest absolute Gasteiger partial charge is 0.379 e. The van der Waals surface area contributed by atoms with Crippen LogP contribution in [0.2, 0.25) is 10.0 Å². The van der Waals surface area contributed by atoms with Crippen molar-refractivity contribution in [3.8, 4) is 11.8 Å². The van der Waals surface area contributed by atoms with Crippen LogP contribution in [0.25, 0.3) is 6.08 Å². The van der Waals surface area contributed by atoms with Gasteiger partial charge in [0.15, 0.2) is 0 Å². The highest BCUT2D eigenvalue weighted by Gasteiger charge is 2.19. The van der Waals surface area contributed by atoms with Crippen LogP contribution in [-0.4, -0.2) is 25.2 Å². The summed E-state index contributed by atoms with van der Waals surface area (Å²) in [5.74, 6) is -1.32. The minimum atomic E-state index is -4.24. The molecule has 194 valence electrons. The maximum absolute atomic E-state index is 12.7. The standard InChI is InChI=1S/C24H16Cl2N4O7S/c1-14(31)28-17-5-7-20(8-6-17)38(35,36)37-19-4-2-3-15(10-19)9-16(13-27)24(32)29-23-21(25)11-18(30(33)34)12-22(23)26/h2-12H,1H3,(H,28,31)(H,29,32)/b16-9+. The van der Waals surface area contributed by atoms with E-state index >= 15 is 0 Å². The van der Waals surface area contributed by atoms with Crippen LogP contribution in [0.15, 0.2) is 71.1 Å². The number of nitrogens with zero attached hydrogens (tertiary/aromatic N) is 2. The molecule has 0 fully saturated rings. The number of nitrogens with one attached hydrogen (secondary N) is 2. The molecule has 3 rings (SSSR count). The zero-order valence-electron chi connectivity index (χ0n) is 19.3. The fraction of sp³-hybridized carbons (Fsp3) is 0.0417. The number of hydrogen-bond acceptors (Lipinski definition) is 8. The van der Waals surface area contributed by atoms with Crippen molar-refractivity contribution in [1.29, 1.82) is 5.26 Å². The van der Waals surface area contributed by atoms with Crippen molar-refractivity contribution >= 4 is 68.3 Å². The van der Waals surface area contributed by atoms with Crippen LogP contribution in [0.4, 0.5) is 17.1 Å². The first-order chi connectivity index (χ1) is 17.9. The first-order valence-corrected chi connectivity index (χ1v) is 12.5. The molecule has 0 unspecified atom stereocenters. The van der Waals surface area contributed by atoms with Crippen LogP contribution in [0.1, 0.15) is 12.5 Å². The lowest BCUT2D eigenvalue weighted by Crippen LogP contribution is -2.14. The molecule has 0 aliphatic rings. The Morgan fingerprint density at radius 3 is 2.24 bits per heavy atom. The number of benzene rings is 3. The van der Waals surface area contributed by atoms with Crippen molar-refractivity contribution in [2.75, 3.05) is 10.6 Å². The van der Waals surface area contributed by atoms with Crippen LogP contribution < -0.4 is 14.8 Å². The molecule has 0 aliphatic carbocycles. The average Bonchev–Trinajstić information content (AvgIpc) is 2.84. The number of rotatable bonds is 8. The van der Waals surface area contributed by atoms with Gasteiger partial charge in [-0.2, -0.15) is 13.7 Å². The number of carbonyl (C=O) groups is 2. The van der Waals surface area contributed by atoms with Gasteiger partial charge in [0.05, 0.1) is 20.7 Å². The topological polar surface area (TPSA) is 168 Å². The second kappa shape index (κ2) is 11.7. The van der Waals surface area contributed by atoms with Crippen molar-refractivity contribution in [3.05, 3.63) is 92.0 Å². The molecule has 38 heavy (non-hydrogen) atoms. The Morgan fingerprint density at radius 2 is 1.68 bits per heavy atom. The number of carbonyl (C=O) groups excluding carboxylic acids is 2. The van der Waals surface area contributed by atoms with E-state index in [4.69, 9.17) is 27.4 Å². The lowest BCUT2D eigenvalue weighted by molar-refractivity contribution is -0.384. The number of non-ortho nitro benzene ring substituents is 1. The van der Waals surface area contributed by atoms with E-state index < -0.39 is 26.5 Å². The molecular formula is C24H16Cl2N4O7S. The Bertz CT molecular complexity index is 1590. The summed E-state index contributed by atoms with van der Waals surface area (Å²) in [7, 11) is -4.24. The molecule has 0 radical (unpaired) electrons. The highest BCUT2D eigenvalue weighted by atomic mass is 35.5. The van der Waals surface area contributed by atoms with Gasteiger partial charge in [-0.3, -0.25) is 19.7 Å². The fourth-order valence-electron chi connectivity index (χ4n) is 3.02. The third kappa shape index (κ3) is 7.07. The van der Waals surface area contributed by atoms with Gasteiger partial charge >= 0.3 is 10.1 Å². The predicted octanol–water partition coefficient (Wildman–Crippen LogP) is 5.17. The normalized spacial score (nSPS) is 11.3. The van der Waals surface area contributed by atoms with Gasteiger partial charge in [-0.1, -0.05) is 35.3 Å². The number of amides is 2. The Hall–Kier alpha value is -4.44. The molecule has 0 spiro atoms. The molecule has 2 amide bonds. The van der Waals surface area contributed by atoms with Crippen molar-refractivity contribution in [3.63, 3.8) is 0 Å². The second-order valence-electron chi connectivity index (χ2n) is 7.48. The van der Waals surface area contributed by atoms with E-state index in [9.17, 15) is 33.4 Å². The third-order valence-corrected chi connectivity index (χ3v) is 6.54. The highest BCUT2D eigenvalue weighted by Crippen LogP contribution is 2.35. The van der Waals surface area contributed by atoms with Gasteiger partial charge in [-0.15, -0.1) is 0 Å². The quantitative estimate of drug-likeness (QED) is 0.122. The van der Waals surface area contributed by atoms with Gasteiger partial charge < -0.3 is 14.8 Å². The summed E-state index contributed by atoms with van der Waals surface area (Å²) in [6, 6.07) is 14.6. The van der Waals surface area contributed by atoms with Crippen LogP contribution in [0.3, 0.4) is 0 Å². The van der Waals surface area contributed by atoms with Gasteiger partial charge in [-0.25, -0.2) is 0 Å². The molecule has 2 N–H and O–H groups in total.